The molecule has 2 rings (SSSR count). The van der Waals surface area contributed by atoms with Crippen molar-refractivity contribution in [2.75, 3.05) is 18.8 Å². The zero-order valence-corrected chi connectivity index (χ0v) is 12.4. The Labute approximate surface area is 111 Å². The number of hydrogen-bond acceptors (Lipinski definition) is 3. The van der Waals surface area contributed by atoms with Gasteiger partial charge in [-0.1, -0.05) is 20.3 Å². The minimum atomic E-state index is -3.12. The van der Waals surface area contributed by atoms with E-state index in [1.54, 1.807) is 0 Å². The number of nitrogens with one attached hydrogen (secondary N) is 2. The van der Waals surface area contributed by atoms with Gasteiger partial charge < -0.3 is 5.32 Å². The Morgan fingerprint density at radius 2 is 2.06 bits per heavy atom. The minimum Gasteiger partial charge on any atom is -0.313 e. The summed E-state index contributed by atoms with van der Waals surface area (Å²) in [5.74, 6) is 0.800. The first-order valence-corrected chi connectivity index (χ1v) is 8.79. The predicted octanol–water partition coefficient (Wildman–Crippen LogP) is 1.48. The maximum Gasteiger partial charge on any atom is 0.213 e. The molecule has 1 aliphatic carbocycles. The van der Waals surface area contributed by atoms with Crippen LogP contribution >= 0.6 is 0 Å². The fourth-order valence-electron chi connectivity index (χ4n) is 2.76. The predicted molar refractivity (Wildman–Crippen MR) is 73.9 cm³/mol. The number of sulfonamides is 1. The van der Waals surface area contributed by atoms with Gasteiger partial charge in [0.15, 0.2) is 0 Å². The zero-order valence-electron chi connectivity index (χ0n) is 11.5. The molecule has 1 aliphatic heterocycles. The highest BCUT2D eigenvalue weighted by Gasteiger charge is 2.45. The average Bonchev–Trinajstić information content (AvgIpc) is 3.08. The Balaban J connectivity index is 1.80. The van der Waals surface area contributed by atoms with Gasteiger partial charge >= 0.3 is 0 Å². The molecular formula is C13H26N2O2S. The summed E-state index contributed by atoms with van der Waals surface area (Å²) >= 11 is 0. The summed E-state index contributed by atoms with van der Waals surface area (Å²) < 4.78 is 26.9. The van der Waals surface area contributed by atoms with Crippen LogP contribution in [0.1, 0.15) is 46.0 Å². The maximum absolute atomic E-state index is 12.0. The molecule has 1 saturated carbocycles. The summed E-state index contributed by atoms with van der Waals surface area (Å²) in [7, 11) is -3.12. The molecule has 18 heavy (non-hydrogen) atoms. The van der Waals surface area contributed by atoms with Gasteiger partial charge in [0.25, 0.3) is 0 Å². The van der Waals surface area contributed by atoms with E-state index in [0.29, 0.717) is 12.5 Å². The molecule has 1 saturated heterocycles. The van der Waals surface area contributed by atoms with Crippen LogP contribution in [0, 0.1) is 11.3 Å². The molecule has 0 amide bonds. The van der Waals surface area contributed by atoms with Gasteiger partial charge in [-0.3, -0.25) is 0 Å². The molecule has 2 aliphatic rings. The lowest BCUT2D eigenvalue weighted by Crippen LogP contribution is -2.44. The van der Waals surface area contributed by atoms with Crippen molar-refractivity contribution in [3.63, 3.8) is 0 Å². The monoisotopic (exact) mass is 274 g/mol. The summed E-state index contributed by atoms with van der Waals surface area (Å²) in [5.41, 5.74) is 0.243. The molecule has 0 radical (unpaired) electrons. The van der Waals surface area contributed by atoms with Crippen molar-refractivity contribution in [3.8, 4) is 0 Å². The third kappa shape index (κ3) is 3.68. The lowest BCUT2D eigenvalue weighted by Gasteiger charge is -2.24. The lowest BCUT2D eigenvalue weighted by molar-refractivity contribution is 0.356. The summed E-state index contributed by atoms with van der Waals surface area (Å²) in [6.45, 7) is 5.95. The molecular weight excluding hydrogens is 248 g/mol. The van der Waals surface area contributed by atoms with E-state index in [0.717, 1.165) is 32.2 Å². The van der Waals surface area contributed by atoms with Crippen LogP contribution in [0.25, 0.3) is 0 Å². The van der Waals surface area contributed by atoms with Crippen LogP contribution in [0.2, 0.25) is 0 Å². The molecule has 1 heterocycles. The first kappa shape index (κ1) is 14.3. The van der Waals surface area contributed by atoms with E-state index in [-0.39, 0.29) is 17.2 Å². The maximum atomic E-state index is 12.0. The fourth-order valence-corrected chi connectivity index (χ4v) is 4.20. The molecule has 2 N–H and O–H groups in total. The first-order chi connectivity index (χ1) is 8.44. The molecule has 4 nitrogen and oxygen atoms in total. The molecule has 5 heteroatoms. The molecule has 0 spiro atoms. The molecule has 2 fully saturated rings. The minimum absolute atomic E-state index is 0.144. The second kappa shape index (κ2) is 5.47. The third-order valence-corrected chi connectivity index (χ3v) is 6.02. The highest BCUT2D eigenvalue weighted by Crippen LogP contribution is 2.51. The SMILES string of the molecule is CC(C)C1(CNS(=O)(=O)CC2CCCCN2)CC1. The molecule has 0 bridgehead atoms. The Bertz CT molecular complexity index is 368. The van der Waals surface area contributed by atoms with Crippen LogP contribution in [-0.4, -0.2) is 33.3 Å². The van der Waals surface area contributed by atoms with Crippen LogP contribution in [0.5, 0.6) is 0 Å². The smallest absolute Gasteiger partial charge is 0.213 e. The van der Waals surface area contributed by atoms with Crippen LogP contribution in [0.4, 0.5) is 0 Å². The van der Waals surface area contributed by atoms with Crippen molar-refractivity contribution >= 4 is 10.0 Å². The van der Waals surface area contributed by atoms with E-state index in [9.17, 15) is 8.42 Å². The van der Waals surface area contributed by atoms with E-state index in [4.69, 9.17) is 0 Å². The number of hydrogen-bond donors (Lipinski definition) is 2. The van der Waals surface area contributed by atoms with E-state index in [2.05, 4.69) is 23.9 Å². The van der Waals surface area contributed by atoms with Crippen LogP contribution in [0.3, 0.4) is 0 Å². The van der Waals surface area contributed by atoms with Gasteiger partial charge in [-0.25, -0.2) is 13.1 Å². The molecule has 0 aromatic carbocycles. The van der Waals surface area contributed by atoms with Crippen molar-refractivity contribution in [2.24, 2.45) is 11.3 Å². The summed E-state index contributed by atoms with van der Waals surface area (Å²) in [6, 6.07) is 0.144. The molecule has 1 atom stereocenters. The highest BCUT2D eigenvalue weighted by atomic mass is 32.2. The van der Waals surface area contributed by atoms with Crippen molar-refractivity contribution in [1.82, 2.24) is 10.0 Å². The summed E-state index contributed by atoms with van der Waals surface area (Å²) in [6.07, 6.45) is 5.61. The summed E-state index contributed by atoms with van der Waals surface area (Å²) in [5, 5.41) is 3.29. The molecule has 1 unspecified atom stereocenters. The average molecular weight is 274 g/mol. The van der Waals surface area contributed by atoms with Gasteiger partial charge in [0.05, 0.1) is 5.75 Å². The standard InChI is InChI=1S/C13H26N2O2S/c1-11(2)13(6-7-13)10-15-18(16,17)9-12-5-3-4-8-14-12/h11-12,14-15H,3-10H2,1-2H3. The van der Waals surface area contributed by atoms with Gasteiger partial charge in [0.2, 0.25) is 10.0 Å². The van der Waals surface area contributed by atoms with Gasteiger partial charge in [-0.2, -0.15) is 0 Å². The third-order valence-electron chi connectivity index (χ3n) is 4.59. The van der Waals surface area contributed by atoms with Crippen LogP contribution < -0.4 is 10.0 Å². The second-order valence-electron chi connectivity index (χ2n) is 6.27. The number of rotatable bonds is 6. The normalized spacial score (nSPS) is 27.4. The zero-order chi connectivity index (χ0) is 13.2. The topological polar surface area (TPSA) is 58.2 Å². The van der Waals surface area contributed by atoms with E-state index in [1.807, 2.05) is 0 Å². The molecule has 106 valence electrons. The second-order valence-corrected chi connectivity index (χ2v) is 8.12. The van der Waals surface area contributed by atoms with E-state index in [1.165, 1.54) is 6.42 Å². The van der Waals surface area contributed by atoms with E-state index >= 15 is 0 Å². The largest absolute Gasteiger partial charge is 0.313 e. The summed E-state index contributed by atoms with van der Waals surface area (Å²) in [4.78, 5) is 0. The quantitative estimate of drug-likeness (QED) is 0.771. The van der Waals surface area contributed by atoms with Crippen molar-refractivity contribution in [3.05, 3.63) is 0 Å². The van der Waals surface area contributed by atoms with Crippen LogP contribution in [-0.2, 0) is 10.0 Å². The Morgan fingerprint density at radius 1 is 1.33 bits per heavy atom. The fraction of sp³-hybridized carbons (Fsp3) is 1.00. The van der Waals surface area contributed by atoms with Gasteiger partial charge in [0, 0.05) is 12.6 Å². The van der Waals surface area contributed by atoms with Crippen molar-refractivity contribution < 1.29 is 8.42 Å². The Hall–Kier alpha value is -0.130. The van der Waals surface area contributed by atoms with Crippen molar-refractivity contribution in [2.45, 2.75) is 52.0 Å². The molecule has 0 aromatic rings. The first-order valence-electron chi connectivity index (χ1n) is 7.14. The Morgan fingerprint density at radius 3 is 2.56 bits per heavy atom. The number of piperidine rings is 1. The van der Waals surface area contributed by atoms with Gasteiger partial charge in [0.1, 0.15) is 0 Å². The van der Waals surface area contributed by atoms with Crippen LogP contribution in [0.15, 0.2) is 0 Å². The Kier molecular flexibility index (Phi) is 4.34. The van der Waals surface area contributed by atoms with Crippen molar-refractivity contribution in [1.29, 1.82) is 0 Å². The highest BCUT2D eigenvalue weighted by molar-refractivity contribution is 7.89. The van der Waals surface area contributed by atoms with E-state index < -0.39 is 10.0 Å². The lowest BCUT2D eigenvalue weighted by atomic mass is 9.93. The van der Waals surface area contributed by atoms with Gasteiger partial charge in [-0.15, -0.1) is 0 Å². The van der Waals surface area contributed by atoms with Gasteiger partial charge in [-0.05, 0) is 43.6 Å². The molecule has 0 aromatic heterocycles.